The summed E-state index contributed by atoms with van der Waals surface area (Å²) in [4.78, 5) is 28.1. The van der Waals surface area contributed by atoms with Crippen LogP contribution in [0, 0.1) is 0 Å². The van der Waals surface area contributed by atoms with E-state index in [1.54, 1.807) is 24.4 Å². The molecule has 2 N–H and O–H groups in total. The maximum absolute atomic E-state index is 11.9. The van der Waals surface area contributed by atoms with Gasteiger partial charge in [0, 0.05) is 28.0 Å². The van der Waals surface area contributed by atoms with E-state index in [2.05, 4.69) is 4.98 Å². The zero-order chi connectivity index (χ0) is 13.9. The topological polar surface area (TPSA) is 82.3 Å². The minimum Gasteiger partial charge on any atom is -0.399 e. The molecule has 0 saturated carbocycles. The number of cyclic esters (lactones) is 2. The lowest BCUT2D eigenvalue weighted by atomic mass is 9.94. The highest BCUT2D eigenvalue weighted by Crippen LogP contribution is 2.35. The van der Waals surface area contributed by atoms with Gasteiger partial charge in [0.1, 0.15) is 0 Å². The Kier molecular flexibility index (Phi) is 1.93. The normalized spacial score (nSPS) is 13.8. The maximum atomic E-state index is 11.9. The Bertz CT molecular complexity index is 931. The zero-order valence-electron chi connectivity index (χ0n) is 10.2. The minimum absolute atomic E-state index is 0.308. The van der Waals surface area contributed by atoms with Gasteiger partial charge in [-0.25, -0.2) is 9.59 Å². The van der Waals surface area contributed by atoms with Gasteiger partial charge in [-0.15, -0.1) is 0 Å². The van der Waals surface area contributed by atoms with Gasteiger partial charge in [0.2, 0.25) is 0 Å². The van der Waals surface area contributed by atoms with Gasteiger partial charge in [0.05, 0.1) is 16.6 Å². The number of esters is 2. The van der Waals surface area contributed by atoms with Crippen molar-refractivity contribution >= 4 is 39.3 Å². The number of aromatic nitrogens is 1. The molecule has 0 aliphatic carbocycles. The second-order valence-electron chi connectivity index (χ2n) is 4.67. The van der Waals surface area contributed by atoms with Crippen molar-refractivity contribution in [3.8, 4) is 0 Å². The van der Waals surface area contributed by atoms with Crippen molar-refractivity contribution in [3.63, 3.8) is 0 Å². The summed E-state index contributed by atoms with van der Waals surface area (Å²) in [5.41, 5.74) is 7.66. The van der Waals surface area contributed by atoms with Crippen LogP contribution in [0.5, 0.6) is 0 Å². The molecule has 2 heterocycles. The van der Waals surface area contributed by atoms with E-state index in [1.165, 1.54) is 6.07 Å². The highest BCUT2D eigenvalue weighted by molar-refractivity contribution is 6.25. The fourth-order valence-corrected chi connectivity index (χ4v) is 2.64. The number of hydrogen-bond acceptors (Lipinski definition) is 5. The van der Waals surface area contributed by atoms with Crippen molar-refractivity contribution in [2.24, 2.45) is 0 Å². The molecule has 20 heavy (non-hydrogen) atoms. The molecule has 5 nitrogen and oxygen atoms in total. The van der Waals surface area contributed by atoms with Gasteiger partial charge in [-0.1, -0.05) is 6.07 Å². The molecule has 0 unspecified atom stereocenters. The Morgan fingerprint density at radius 2 is 1.80 bits per heavy atom. The molecule has 0 saturated heterocycles. The SMILES string of the molecule is Nc1cc2c3c(cc4cccnc4c3c1)C(=O)OC2=O. The summed E-state index contributed by atoms with van der Waals surface area (Å²) in [6, 6.07) is 8.58. The van der Waals surface area contributed by atoms with Gasteiger partial charge in [-0.2, -0.15) is 0 Å². The van der Waals surface area contributed by atoms with Crippen molar-refractivity contribution in [2.75, 3.05) is 5.73 Å². The first-order valence-electron chi connectivity index (χ1n) is 6.02. The lowest BCUT2D eigenvalue weighted by Crippen LogP contribution is -2.20. The van der Waals surface area contributed by atoms with Crippen LogP contribution in [0.15, 0.2) is 36.5 Å². The Balaban J connectivity index is 2.35. The number of rotatable bonds is 0. The molecule has 0 spiro atoms. The number of nitrogen functional groups attached to an aromatic ring is 1. The molecule has 3 aromatic rings. The molecule has 5 heteroatoms. The van der Waals surface area contributed by atoms with Crippen molar-refractivity contribution in [1.82, 2.24) is 4.98 Å². The summed E-state index contributed by atoms with van der Waals surface area (Å²) in [6.45, 7) is 0. The van der Waals surface area contributed by atoms with E-state index in [-0.39, 0.29) is 0 Å². The molecule has 0 bridgehead atoms. The third-order valence-electron chi connectivity index (χ3n) is 3.45. The quantitative estimate of drug-likeness (QED) is 0.291. The van der Waals surface area contributed by atoms with E-state index in [4.69, 9.17) is 10.5 Å². The minimum atomic E-state index is -0.671. The summed E-state index contributed by atoms with van der Waals surface area (Å²) in [5.74, 6) is -1.31. The number of benzene rings is 2. The number of hydrogen-bond donors (Lipinski definition) is 1. The lowest BCUT2D eigenvalue weighted by molar-refractivity contribution is 0.0391. The molecule has 0 atom stereocenters. The van der Waals surface area contributed by atoms with Crippen molar-refractivity contribution < 1.29 is 14.3 Å². The van der Waals surface area contributed by atoms with Gasteiger partial charge in [-0.05, 0) is 24.3 Å². The molecule has 1 aliphatic rings. The maximum Gasteiger partial charge on any atom is 0.346 e. The number of anilines is 1. The first-order valence-corrected chi connectivity index (χ1v) is 6.02. The summed E-state index contributed by atoms with van der Waals surface area (Å²) in [5, 5.41) is 2.06. The largest absolute Gasteiger partial charge is 0.399 e. The Hall–Kier alpha value is -2.95. The van der Waals surface area contributed by atoms with Gasteiger partial charge in [0.15, 0.2) is 0 Å². The molecular formula is C15H8N2O3. The average molecular weight is 264 g/mol. The van der Waals surface area contributed by atoms with Crippen LogP contribution in [0.4, 0.5) is 5.69 Å². The number of carbonyl (C=O) groups is 2. The third-order valence-corrected chi connectivity index (χ3v) is 3.45. The number of carbonyl (C=O) groups excluding carboxylic acids is 2. The number of nitrogens with two attached hydrogens (primary N) is 1. The summed E-state index contributed by atoms with van der Waals surface area (Å²) in [7, 11) is 0. The lowest BCUT2D eigenvalue weighted by Gasteiger charge is -2.17. The van der Waals surface area contributed by atoms with Crippen LogP contribution in [-0.4, -0.2) is 16.9 Å². The molecule has 0 amide bonds. The summed E-state index contributed by atoms with van der Waals surface area (Å²) in [6.07, 6.45) is 1.66. The van der Waals surface area contributed by atoms with Gasteiger partial charge >= 0.3 is 11.9 Å². The molecule has 1 aliphatic heterocycles. The van der Waals surface area contributed by atoms with Crippen LogP contribution in [0.1, 0.15) is 20.7 Å². The van der Waals surface area contributed by atoms with Crippen LogP contribution in [0.25, 0.3) is 21.7 Å². The summed E-state index contributed by atoms with van der Waals surface area (Å²) >= 11 is 0. The second kappa shape index (κ2) is 3.54. The van der Waals surface area contributed by atoms with E-state index in [9.17, 15) is 9.59 Å². The van der Waals surface area contributed by atoms with Crippen molar-refractivity contribution in [2.45, 2.75) is 0 Å². The predicted octanol–water partition coefficient (Wildman–Crippen LogP) is 2.28. The first-order chi connectivity index (χ1) is 9.65. The van der Waals surface area contributed by atoms with E-state index in [1.807, 2.05) is 6.07 Å². The van der Waals surface area contributed by atoms with Crippen molar-refractivity contribution in [1.29, 1.82) is 0 Å². The first kappa shape index (κ1) is 10.9. The fraction of sp³-hybridized carbons (Fsp3) is 0. The molecule has 1 aromatic heterocycles. The highest BCUT2D eigenvalue weighted by atomic mass is 16.6. The third kappa shape index (κ3) is 1.29. The molecule has 96 valence electrons. The van der Waals surface area contributed by atoms with Crippen LogP contribution in [-0.2, 0) is 4.74 Å². The molecule has 0 fully saturated rings. The smallest absolute Gasteiger partial charge is 0.346 e. The second-order valence-corrected chi connectivity index (χ2v) is 4.67. The van der Waals surface area contributed by atoms with Crippen LogP contribution in [0.2, 0.25) is 0 Å². The van der Waals surface area contributed by atoms with E-state index in [0.717, 1.165) is 5.39 Å². The fourth-order valence-electron chi connectivity index (χ4n) is 2.64. The van der Waals surface area contributed by atoms with Gasteiger partial charge < -0.3 is 10.5 Å². The van der Waals surface area contributed by atoms with Gasteiger partial charge in [-0.3, -0.25) is 4.98 Å². The molecule has 2 aromatic carbocycles. The standard InChI is InChI=1S/C15H8N2O3/c16-8-5-9-12-10(4-7-2-1-3-17-13(7)9)14(18)20-15(19)11(12)6-8/h1-6H,16H2. The van der Waals surface area contributed by atoms with Crippen molar-refractivity contribution in [3.05, 3.63) is 47.7 Å². The molecule has 0 radical (unpaired) electrons. The van der Waals surface area contributed by atoms with E-state index >= 15 is 0 Å². The monoisotopic (exact) mass is 264 g/mol. The predicted molar refractivity (Wildman–Crippen MR) is 73.4 cm³/mol. The highest BCUT2D eigenvalue weighted by Gasteiger charge is 2.28. The number of ether oxygens (including phenoxy) is 1. The molecule has 4 rings (SSSR count). The van der Waals surface area contributed by atoms with Gasteiger partial charge in [0.25, 0.3) is 0 Å². The zero-order valence-corrected chi connectivity index (χ0v) is 10.2. The summed E-state index contributed by atoms with van der Waals surface area (Å²) < 4.78 is 4.75. The average Bonchev–Trinajstić information content (AvgIpc) is 2.44. The van der Waals surface area contributed by atoms with Crippen LogP contribution < -0.4 is 5.73 Å². The number of nitrogens with zero attached hydrogens (tertiary/aromatic N) is 1. The van der Waals surface area contributed by atoms with E-state index in [0.29, 0.717) is 33.1 Å². The van der Waals surface area contributed by atoms with Crippen LogP contribution in [0.3, 0.4) is 0 Å². The Morgan fingerprint density at radius 1 is 1.05 bits per heavy atom. The number of pyridine rings is 1. The van der Waals surface area contributed by atoms with E-state index < -0.39 is 11.9 Å². The molecular weight excluding hydrogens is 256 g/mol. The Morgan fingerprint density at radius 3 is 2.60 bits per heavy atom. The number of fused-ring (bicyclic) bond motifs is 2. The van der Waals surface area contributed by atoms with Crippen LogP contribution >= 0.6 is 0 Å². The Labute approximate surface area is 113 Å².